The second kappa shape index (κ2) is 7.46. The Labute approximate surface area is 160 Å². The van der Waals surface area contributed by atoms with E-state index in [4.69, 9.17) is 4.74 Å². The van der Waals surface area contributed by atoms with Gasteiger partial charge in [-0.1, -0.05) is 24.3 Å². The molecule has 27 heavy (non-hydrogen) atoms. The van der Waals surface area contributed by atoms with Gasteiger partial charge >= 0.3 is 6.18 Å². The van der Waals surface area contributed by atoms with E-state index in [9.17, 15) is 13.2 Å². The van der Waals surface area contributed by atoms with Gasteiger partial charge in [0.25, 0.3) is 0 Å². The summed E-state index contributed by atoms with van der Waals surface area (Å²) in [5.74, 6) is 2.58. The molecular weight excluding hydrogens is 373 g/mol. The molecule has 0 N–H and O–H groups in total. The molecule has 1 fully saturated rings. The molecular formula is C20H19F3N2OS. The molecule has 2 aromatic carbocycles. The number of hydrogen-bond donors (Lipinski definition) is 0. The van der Waals surface area contributed by atoms with Gasteiger partial charge in [0.2, 0.25) is 0 Å². The maximum absolute atomic E-state index is 13.1. The molecule has 0 bridgehead atoms. The Kier molecular flexibility index (Phi) is 5.04. The summed E-state index contributed by atoms with van der Waals surface area (Å²) in [7, 11) is 0. The summed E-state index contributed by atoms with van der Waals surface area (Å²) in [5.41, 5.74) is 0.350. The highest BCUT2D eigenvalue weighted by molar-refractivity contribution is 7.98. The number of fused-ring (bicyclic) bond motifs is 1. The van der Waals surface area contributed by atoms with Crippen LogP contribution in [-0.2, 0) is 6.18 Å². The molecule has 1 unspecified atom stereocenters. The van der Waals surface area contributed by atoms with Crippen LogP contribution in [-0.4, -0.2) is 29.6 Å². The fourth-order valence-corrected chi connectivity index (χ4v) is 4.33. The molecule has 0 amide bonds. The lowest BCUT2D eigenvalue weighted by Gasteiger charge is -2.37. The molecule has 2 aliphatic rings. The van der Waals surface area contributed by atoms with E-state index in [2.05, 4.69) is 9.30 Å². The van der Waals surface area contributed by atoms with Gasteiger partial charge in [-0.2, -0.15) is 13.2 Å². The predicted molar refractivity (Wildman–Crippen MR) is 101 cm³/mol. The van der Waals surface area contributed by atoms with Crippen LogP contribution in [0.4, 0.5) is 13.2 Å². The summed E-state index contributed by atoms with van der Waals surface area (Å²) in [6.45, 7) is 2.07. The number of ether oxygens (including phenoxy) is 1. The molecule has 1 atom stereocenters. The fourth-order valence-electron chi connectivity index (χ4n) is 3.56. The average molecular weight is 392 g/mol. The van der Waals surface area contributed by atoms with Crippen molar-refractivity contribution in [1.29, 1.82) is 0 Å². The van der Waals surface area contributed by atoms with Gasteiger partial charge in [-0.25, -0.2) is 4.40 Å². The summed E-state index contributed by atoms with van der Waals surface area (Å²) in [6.07, 6.45) is -2.29. The van der Waals surface area contributed by atoms with Crippen molar-refractivity contribution in [1.82, 2.24) is 4.90 Å². The van der Waals surface area contributed by atoms with Crippen LogP contribution >= 0.6 is 11.9 Å². The zero-order valence-corrected chi connectivity index (χ0v) is 15.4. The van der Waals surface area contributed by atoms with E-state index in [1.807, 2.05) is 12.1 Å². The number of amidine groups is 1. The maximum Gasteiger partial charge on any atom is 0.419 e. The van der Waals surface area contributed by atoms with E-state index in [1.54, 1.807) is 24.1 Å². The van der Waals surface area contributed by atoms with Gasteiger partial charge in [0.1, 0.15) is 17.3 Å². The zero-order chi connectivity index (χ0) is 18.9. The number of nitrogens with zero attached hydrogens (tertiary/aromatic N) is 2. The molecule has 0 spiro atoms. The molecule has 7 heteroatoms. The van der Waals surface area contributed by atoms with Crippen LogP contribution in [0.25, 0.3) is 0 Å². The summed E-state index contributed by atoms with van der Waals surface area (Å²) in [6, 6.07) is 12.6. The van der Waals surface area contributed by atoms with Crippen molar-refractivity contribution in [2.24, 2.45) is 4.40 Å². The van der Waals surface area contributed by atoms with Gasteiger partial charge in [-0.3, -0.25) is 0 Å². The van der Waals surface area contributed by atoms with Crippen molar-refractivity contribution in [2.75, 3.05) is 18.8 Å². The number of alkyl halides is 3. The highest BCUT2D eigenvalue weighted by Gasteiger charge is 2.34. The lowest BCUT2D eigenvalue weighted by atomic mass is 9.89. The first-order valence-corrected chi connectivity index (χ1v) is 9.85. The third-order valence-electron chi connectivity index (χ3n) is 4.87. The molecule has 2 aliphatic heterocycles. The molecule has 1 saturated heterocycles. The van der Waals surface area contributed by atoms with E-state index >= 15 is 0 Å². The Morgan fingerprint density at radius 2 is 1.81 bits per heavy atom. The van der Waals surface area contributed by atoms with Crippen molar-refractivity contribution >= 4 is 17.8 Å². The predicted octanol–water partition coefficient (Wildman–Crippen LogP) is 5.74. The monoisotopic (exact) mass is 392 g/mol. The van der Waals surface area contributed by atoms with Crippen LogP contribution in [0.2, 0.25) is 0 Å². The molecule has 0 saturated carbocycles. The molecule has 0 aliphatic carbocycles. The largest absolute Gasteiger partial charge is 0.457 e. The van der Waals surface area contributed by atoms with Crippen LogP contribution < -0.4 is 4.74 Å². The van der Waals surface area contributed by atoms with Gasteiger partial charge in [-0.05, 0) is 54.6 Å². The Hall–Kier alpha value is -2.15. The average Bonchev–Trinajstić information content (AvgIpc) is 2.68. The topological polar surface area (TPSA) is 24.8 Å². The molecule has 3 nitrogen and oxygen atoms in total. The first-order chi connectivity index (χ1) is 13.0. The summed E-state index contributed by atoms with van der Waals surface area (Å²) in [5, 5.41) is 0. The molecule has 4 rings (SSSR count). The molecule has 0 radical (unpaired) electrons. The summed E-state index contributed by atoms with van der Waals surface area (Å²) >= 11 is 1.60. The standard InChI is InChI=1S/C20H19F3N2OS/c21-20(22,23)17-5-1-2-6-18(17)26-15-9-7-14(8-10-15)16-4-3-11-25-12-13-27-24-19(16)25/h1-2,5-10,16H,3-4,11-13H2. The zero-order valence-electron chi connectivity index (χ0n) is 14.6. The third kappa shape index (κ3) is 3.93. The van der Waals surface area contributed by atoms with E-state index in [0.29, 0.717) is 5.75 Å². The first-order valence-electron chi connectivity index (χ1n) is 8.91. The second-order valence-electron chi connectivity index (χ2n) is 6.63. The van der Waals surface area contributed by atoms with Crippen molar-refractivity contribution in [3.05, 3.63) is 59.7 Å². The van der Waals surface area contributed by atoms with Crippen LogP contribution in [0.3, 0.4) is 0 Å². The quantitative estimate of drug-likeness (QED) is 0.623. The van der Waals surface area contributed by atoms with E-state index in [1.165, 1.54) is 18.2 Å². The van der Waals surface area contributed by atoms with Gasteiger partial charge in [0.05, 0.1) is 5.56 Å². The minimum Gasteiger partial charge on any atom is -0.457 e. The Bertz CT molecular complexity index is 836. The van der Waals surface area contributed by atoms with Crippen molar-refractivity contribution < 1.29 is 17.9 Å². The molecule has 142 valence electrons. The Morgan fingerprint density at radius 1 is 1.04 bits per heavy atom. The third-order valence-corrected chi connectivity index (χ3v) is 5.55. The van der Waals surface area contributed by atoms with Crippen LogP contribution in [0.5, 0.6) is 11.5 Å². The van der Waals surface area contributed by atoms with E-state index in [0.717, 1.165) is 49.1 Å². The molecule has 2 heterocycles. The molecule has 0 aromatic heterocycles. The highest BCUT2D eigenvalue weighted by Crippen LogP contribution is 2.38. The normalized spacial score (nSPS) is 20.0. The Morgan fingerprint density at radius 3 is 2.59 bits per heavy atom. The smallest absolute Gasteiger partial charge is 0.419 e. The maximum atomic E-state index is 13.1. The van der Waals surface area contributed by atoms with Crippen LogP contribution in [0, 0.1) is 0 Å². The number of halogens is 3. The van der Waals surface area contributed by atoms with Gasteiger partial charge in [-0.15, -0.1) is 0 Å². The first kappa shape index (κ1) is 18.2. The SMILES string of the molecule is FC(F)(F)c1ccccc1Oc1ccc(C2CCCN3CCSN=C23)cc1. The van der Waals surface area contributed by atoms with E-state index < -0.39 is 11.7 Å². The van der Waals surface area contributed by atoms with Gasteiger partial charge in [0.15, 0.2) is 0 Å². The summed E-state index contributed by atoms with van der Waals surface area (Å²) < 4.78 is 49.5. The Balaban J connectivity index is 1.54. The second-order valence-corrected chi connectivity index (χ2v) is 7.48. The number of hydrogen-bond acceptors (Lipinski definition) is 4. The minimum atomic E-state index is -4.45. The molecule has 2 aromatic rings. The number of para-hydroxylation sites is 1. The van der Waals surface area contributed by atoms with Crippen molar-refractivity contribution in [2.45, 2.75) is 24.9 Å². The van der Waals surface area contributed by atoms with Crippen LogP contribution in [0.15, 0.2) is 52.9 Å². The van der Waals surface area contributed by atoms with Crippen LogP contribution in [0.1, 0.15) is 29.9 Å². The lowest BCUT2D eigenvalue weighted by Crippen LogP contribution is -2.42. The number of rotatable bonds is 3. The van der Waals surface area contributed by atoms with Crippen molar-refractivity contribution in [3.8, 4) is 11.5 Å². The number of piperidine rings is 1. The lowest BCUT2D eigenvalue weighted by molar-refractivity contribution is -0.138. The van der Waals surface area contributed by atoms with Gasteiger partial charge < -0.3 is 9.64 Å². The minimum absolute atomic E-state index is 0.186. The number of benzene rings is 2. The highest BCUT2D eigenvalue weighted by atomic mass is 32.2. The fraction of sp³-hybridized carbons (Fsp3) is 0.350. The summed E-state index contributed by atoms with van der Waals surface area (Å²) in [4.78, 5) is 2.34. The van der Waals surface area contributed by atoms with Gasteiger partial charge in [0, 0.05) is 24.8 Å². The van der Waals surface area contributed by atoms with E-state index in [-0.39, 0.29) is 11.7 Å². The van der Waals surface area contributed by atoms with Crippen molar-refractivity contribution in [3.63, 3.8) is 0 Å².